The second kappa shape index (κ2) is 12.7. The van der Waals surface area contributed by atoms with Gasteiger partial charge in [0.25, 0.3) is 5.91 Å². The van der Waals surface area contributed by atoms with Crippen molar-refractivity contribution in [2.24, 2.45) is 0 Å². The number of hydrogen-bond donors (Lipinski definition) is 1. The van der Waals surface area contributed by atoms with Crippen molar-refractivity contribution in [3.63, 3.8) is 0 Å². The van der Waals surface area contributed by atoms with Gasteiger partial charge in [0.05, 0.1) is 4.91 Å². The number of nitrogens with zero attached hydrogens (tertiary/aromatic N) is 2. The van der Waals surface area contributed by atoms with Crippen molar-refractivity contribution in [2.75, 3.05) is 26.3 Å². The van der Waals surface area contributed by atoms with Gasteiger partial charge in [-0.1, -0.05) is 60.4 Å². The van der Waals surface area contributed by atoms with Gasteiger partial charge in [-0.3, -0.25) is 14.2 Å². The molecule has 8 nitrogen and oxygen atoms in total. The Balaban J connectivity index is 0.00000228. The minimum absolute atomic E-state index is 0. The molecule has 0 aliphatic carbocycles. The first-order valence-corrected chi connectivity index (χ1v) is 13.3. The van der Waals surface area contributed by atoms with Crippen molar-refractivity contribution in [2.45, 2.75) is 18.9 Å². The quantitative estimate of drug-likeness (QED) is 0.162. The fraction of sp³-hybridized carbons (Fsp3) is 0.304. The molecule has 1 unspecified atom stereocenters. The number of para-hydroxylation sites is 2. The minimum Gasteiger partial charge on any atom is -1.00 e. The number of carbonyl (C=O) groups excluding carboxylic acids is 1. The van der Waals surface area contributed by atoms with E-state index in [0.29, 0.717) is 41.0 Å². The molecule has 2 aromatic carbocycles. The molecule has 0 saturated carbocycles. The summed E-state index contributed by atoms with van der Waals surface area (Å²) in [6, 6.07) is 16.3. The number of rotatable bonds is 9. The van der Waals surface area contributed by atoms with Gasteiger partial charge in [0, 0.05) is 24.7 Å². The summed E-state index contributed by atoms with van der Waals surface area (Å²) in [6.45, 7) is 1.03. The van der Waals surface area contributed by atoms with Crippen molar-refractivity contribution in [1.29, 1.82) is 0 Å². The summed E-state index contributed by atoms with van der Waals surface area (Å²) in [7, 11) is -4.32. The van der Waals surface area contributed by atoms with Crippen LogP contribution < -0.4 is 39.0 Å². The maximum atomic E-state index is 13.1. The molecule has 35 heavy (non-hydrogen) atoms. The first-order chi connectivity index (χ1) is 16.3. The summed E-state index contributed by atoms with van der Waals surface area (Å²) in [5, 5.41) is 0. The Morgan fingerprint density at radius 2 is 1.80 bits per heavy atom. The van der Waals surface area contributed by atoms with E-state index in [9.17, 15) is 17.8 Å². The third kappa shape index (κ3) is 7.30. The predicted molar refractivity (Wildman–Crippen MR) is 136 cm³/mol. The molecule has 0 radical (unpaired) electrons. The van der Waals surface area contributed by atoms with Crippen molar-refractivity contribution in [1.82, 2.24) is 9.21 Å². The standard InChI is InChI=1S/C23H24N2O6S3.Na.H/c26-22-21(33-23(32)24(22)16-18-8-6-12-25(18)34(27,28)29)15-17-7-4-5-11-20(17)31-14-13-30-19-9-2-1-3-10-19;;/h1-5,7,9-11,15,18H,6,8,12-14,16H2,(H,27,28,29);;/q;+1;-1. The Labute approximate surface area is 238 Å². The van der Waals surface area contributed by atoms with Crippen LogP contribution in [0.1, 0.15) is 19.8 Å². The number of thioether (sulfide) groups is 1. The maximum absolute atomic E-state index is 13.1. The van der Waals surface area contributed by atoms with E-state index >= 15 is 0 Å². The van der Waals surface area contributed by atoms with Crippen LogP contribution in [0.3, 0.4) is 0 Å². The normalized spacial score (nSPS) is 19.7. The number of amides is 1. The molecule has 4 rings (SSSR count). The molecular formula is C23H25N2NaO6S3. The Kier molecular flexibility index (Phi) is 10.2. The Morgan fingerprint density at radius 1 is 1.11 bits per heavy atom. The molecular weight excluding hydrogens is 519 g/mol. The van der Waals surface area contributed by atoms with Gasteiger partial charge in [-0.15, -0.1) is 0 Å². The maximum Gasteiger partial charge on any atom is 1.00 e. The second-order valence-corrected chi connectivity index (χ2v) is 10.8. The zero-order chi connectivity index (χ0) is 24.1. The van der Waals surface area contributed by atoms with Gasteiger partial charge < -0.3 is 10.9 Å². The second-order valence-electron chi connectivity index (χ2n) is 7.72. The van der Waals surface area contributed by atoms with E-state index in [-0.39, 0.29) is 50.0 Å². The summed E-state index contributed by atoms with van der Waals surface area (Å²) >= 11 is 6.55. The van der Waals surface area contributed by atoms with E-state index in [1.165, 1.54) is 4.90 Å². The largest absolute Gasteiger partial charge is 1.00 e. The molecule has 0 spiro atoms. The third-order valence-corrected chi connectivity index (χ3v) is 7.90. The number of hydrogen-bond acceptors (Lipinski definition) is 7. The van der Waals surface area contributed by atoms with Crippen LogP contribution in [-0.4, -0.2) is 64.7 Å². The summed E-state index contributed by atoms with van der Waals surface area (Å²) in [5.41, 5.74) is 0.725. The minimum atomic E-state index is -4.32. The van der Waals surface area contributed by atoms with Crippen LogP contribution >= 0.6 is 24.0 Å². The number of ether oxygens (including phenoxy) is 2. The van der Waals surface area contributed by atoms with Crippen LogP contribution in [0.4, 0.5) is 0 Å². The van der Waals surface area contributed by atoms with Gasteiger partial charge in [-0.2, -0.15) is 12.7 Å². The molecule has 2 saturated heterocycles. The molecule has 2 aliphatic heterocycles. The number of benzene rings is 2. The van der Waals surface area contributed by atoms with Gasteiger partial charge in [0.15, 0.2) is 0 Å². The average molecular weight is 545 g/mol. The average Bonchev–Trinajstić information content (AvgIpc) is 3.39. The van der Waals surface area contributed by atoms with Crippen LogP contribution in [0.5, 0.6) is 11.5 Å². The zero-order valence-electron chi connectivity index (χ0n) is 20.2. The molecule has 182 valence electrons. The molecule has 0 bridgehead atoms. The molecule has 2 fully saturated rings. The smallest absolute Gasteiger partial charge is 1.00 e. The van der Waals surface area contributed by atoms with E-state index in [4.69, 9.17) is 21.7 Å². The number of thiocarbonyl (C=S) groups is 1. The molecule has 2 aliphatic rings. The van der Waals surface area contributed by atoms with Crippen LogP contribution in [0.15, 0.2) is 59.5 Å². The van der Waals surface area contributed by atoms with E-state index in [1.807, 2.05) is 54.6 Å². The van der Waals surface area contributed by atoms with Crippen molar-refractivity contribution in [3.05, 3.63) is 65.1 Å². The van der Waals surface area contributed by atoms with Gasteiger partial charge in [-0.25, -0.2) is 0 Å². The van der Waals surface area contributed by atoms with Gasteiger partial charge in [0.1, 0.15) is 29.0 Å². The van der Waals surface area contributed by atoms with E-state index in [2.05, 4.69) is 0 Å². The fourth-order valence-corrected chi connectivity index (χ4v) is 6.04. The third-order valence-electron chi connectivity index (χ3n) is 5.44. The van der Waals surface area contributed by atoms with Gasteiger partial charge in [-0.05, 0) is 37.1 Å². The first kappa shape index (κ1) is 28.1. The van der Waals surface area contributed by atoms with Gasteiger partial charge in [0.2, 0.25) is 0 Å². The summed E-state index contributed by atoms with van der Waals surface area (Å²) < 4.78 is 45.6. The molecule has 1 atom stereocenters. The van der Waals surface area contributed by atoms with Crippen LogP contribution in [0, 0.1) is 0 Å². The molecule has 0 aromatic heterocycles. The first-order valence-electron chi connectivity index (χ1n) is 10.7. The summed E-state index contributed by atoms with van der Waals surface area (Å²) in [5.74, 6) is 1.08. The topological polar surface area (TPSA) is 96.4 Å². The fourth-order valence-electron chi connectivity index (χ4n) is 3.86. The van der Waals surface area contributed by atoms with E-state index < -0.39 is 16.3 Å². The Morgan fingerprint density at radius 3 is 2.54 bits per heavy atom. The molecule has 1 amide bonds. The summed E-state index contributed by atoms with van der Waals surface area (Å²) in [6.07, 6.45) is 2.90. The Hall–Kier alpha value is -1.44. The molecule has 2 aromatic rings. The van der Waals surface area contributed by atoms with Gasteiger partial charge >= 0.3 is 39.9 Å². The van der Waals surface area contributed by atoms with E-state index in [1.54, 1.807) is 6.08 Å². The van der Waals surface area contributed by atoms with Crippen molar-refractivity contribution < 1.29 is 58.2 Å². The van der Waals surface area contributed by atoms with Crippen molar-refractivity contribution in [3.8, 4) is 11.5 Å². The van der Waals surface area contributed by atoms with Crippen molar-refractivity contribution >= 4 is 50.6 Å². The molecule has 2 heterocycles. The monoisotopic (exact) mass is 544 g/mol. The predicted octanol–water partition coefficient (Wildman–Crippen LogP) is 0.729. The van der Waals surface area contributed by atoms with E-state index in [0.717, 1.165) is 27.4 Å². The van der Waals surface area contributed by atoms with Crippen LogP contribution in [0.25, 0.3) is 6.08 Å². The summed E-state index contributed by atoms with van der Waals surface area (Å²) in [4.78, 5) is 14.9. The SMILES string of the molecule is O=C1C(=Cc2ccccc2OCCOc2ccccc2)SC(=S)N1CC1CCCN1S(=O)(=O)O.[H-].[Na+]. The Bertz CT molecular complexity index is 1200. The number of carbonyl (C=O) groups is 1. The zero-order valence-corrected chi connectivity index (χ0v) is 23.7. The van der Waals surface area contributed by atoms with Crippen LogP contribution in [0.2, 0.25) is 0 Å². The molecule has 1 N–H and O–H groups in total. The molecule has 12 heteroatoms. The van der Waals surface area contributed by atoms with Crippen LogP contribution in [-0.2, 0) is 15.1 Å².